The zero-order valence-corrected chi connectivity index (χ0v) is 15.4. The molecule has 0 spiro atoms. The number of nitrogens with one attached hydrogen (secondary N) is 1. The SMILES string of the molecule is CN(CC(=O)NC1(c2ccc(Cl)cc2)CCC1)C(=O)OC(C)(C)C. The fraction of sp³-hybridized carbons (Fsp3) is 0.556. The molecule has 24 heavy (non-hydrogen) atoms. The van der Waals surface area contributed by atoms with Gasteiger partial charge >= 0.3 is 6.09 Å². The lowest BCUT2D eigenvalue weighted by molar-refractivity contribution is -0.125. The zero-order valence-electron chi connectivity index (χ0n) is 14.7. The Morgan fingerprint density at radius 3 is 2.29 bits per heavy atom. The molecule has 2 rings (SSSR count). The average Bonchev–Trinajstić information content (AvgIpc) is 2.42. The Hall–Kier alpha value is -1.75. The predicted molar refractivity (Wildman–Crippen MR) is 94.0 cm³/mol. The number of hydrogen-bond donors (Lipinski definition) is 1. The molecule has 0 aliphatic heterocycles. The van der Waals surface area contributed by atoms with Crippen LogP contribution in [0, 0.1) is 0 Å². The minimum Gasteiger partial charge on any atom is -0.444 e. The summed E-state index contributed by atoms with van der Waals surface area (Å²) in [5.41, 5.74) is 0.114. The van der Waals surface area contributed by atoms with Gasteiger partial charge in [-0.25, -0.2) is 4.79 Å². The first-order valence-electron chi connectivity index (χ1n) is 8.12. The van der Waals surface area contributed by atoms with Gasteiger partial charge in [0.1, 0.15) is 12.1 Å². The Morgan fingerprint density at radius 2 is 1.83 bits per heavy atom. The number of ether oxygens (including phenoxy) is 1. The summed E-state index contributed by atoms with van der Waals surface area (Å²) < 4.78 is 5.26. The monoisotopic (exact) mass is 352 g/mol. The lowest BCUT2D eigenvalue weighted by atomic mass is 9.72. The first-order chi connectivity index (χ1) is 11.1. The first-order valence-corrected chi connectivity index (χ1v) is 8.50. The quantitative estimate of drug-likeness (QED) is 0.898. The predicted octanol–water partition coefficient (Wildman–Crippen LogP) is 3.70. The minimum atomic E-state index is -0.583. The van der Waals surface area contributed by atoms with Gasteiger partial charge in [-0.3, -0.25) is 4.79 Å². The second-order valence-electron chi connectivity index (χ2n) is 7.33. The maximum absolute atomic E-state index is 12.4. The van der Waals surface area contributed by atoms with Gasteiger partial charge in [-0.05, 0) is 57.7 Å². The van der Waals surface area contributed by atoms with Gasteiger partial charge in [-0.1, -0.05) is 23.7 Å². The molecule has 0 saturated heterocycles. The van der Waals surface area contributed by atoms with Crippen molar-refractivity contribution in [1.29, 1.82) is 0 Å². The van der Waals surface area contributed by atoms with Crippen LogP contribution in [-0.2, 0) is 15.1 Å². The molecule has 0 aromatic heterocycles. The third kappa shape index (κ3) is 4.63. The van der Waals surface area contributed by atoms with E-state index in [9.17, 15) is 9.59 Å². The van der Waals surface area contributed by atoms with Crippen molar-refractivity contribution < 1.29 is 14.3 Å². The van der Waals surface area contributed by atoms with Crippen molar-refractivity contribution in [1.82, 2.24) is 10.2 Å². The Morgan fingerprint density at radius 1 is 1.25 bits per heavy atom. The largest absolute Gasteiger partial charge is 0.444 e. The fourth-order valence-electron chi connectivity index (χ4n) is 2.71. The van der Waals surface area contributed by atoms with Crippen LogP contribution in [-0.4, -0.2) is 36.1 Å². The number of rotatable bonds is 4. The molecule has 6 heteroatoms. The Balaban J connectivity index is 1.97. The molecule has 1 aliphatic carbocycles. The van der Waals surface area contributed by atoms with Gasteiger partial charge in [-0.2, -0.15) is 0 Å². The van der Waals surface area contributed by atoms with Crippen LogP contribution in [0.2, 0.25) is 5.02 Å². The molecule has 0 heterocycles. The summed E-state index contributed by atoms with van der Waals surface area (Å²) in [4.78, 5) is 25.6. The van der Waals surface area contributed by atoms with Crippen LogP contribution in [0.4, 0.5) is 4.79 Å². The molecule has 5 nitrogen and oxygen atoms in total. The molecule has 1 aromatic carbocycles. The highest BCUT2D eigenvalue weighted by atomic mass is 35.5. The van der Waals surface area contributed by atoms with E-state index in [4.69, 9.17) is 16.3 Å². The van der Waals surface area contributed by atoms with Crippen LogP contribution in [0.3, 0.4) is 0 Å². The smallest absolute Gasteiger partial charge is 0.410 e. The standard InChI is InChI=1S/C18H25ClN2O3/c1-17(2,3)24-16(23)21(4)12-15(22)20-18(10-5-11-18)13-6-8-14(19)9-7-13/h6-9H,5,10-12H2,1-4H3,(H,20,22). The van der Waals surface area contributed by atoms with E-state index in [0.717, 1.165) is 24.8 Å². The highest BCUT2D eigenvalue weighted by molar-refractivity contribution is 6.30. The van der Waals surface area contributed by atoms with Crippen LogP contribution >= 0.6 is 11.6 Å². The van der Waals surface area contributed by atoms with Crippen molar-refractivity contribution in [2.45, 2.75) is 51.2 Å². The Kier molecular flexibility index (Phi) is 5.43. The van der Waals surface area contributed by atoms with Crippen molar-refractivity contribution in [3.63, 3.8) is 0 Å². The number of amides is 2. The molecule has 0 atom stereocenters. The van der Waals surface area contributed by atoms with E-state index in [2.05, 4.69) is 5.32 Å². The number of hydrogen-bond acceptors (Lipinski definition) is 3. The summed E-state index contributed by atoms with van der Waals surface area (Å²) in [6, 6.07) is 7.55. The van der Waals surface area contributed by atoms with Crippen LogP contribution in [0.1, 0.15) is 45.6 Å². The van der Waals surface area contributed by atoms with E-state index in [-0.39, 0.29) is 18.0 Å². The van der Waals surface area contributed by atoms with E-state index in [1.165, 1.54) is 4.90 Å². The molecule has 2 amide bonds. The van der Waals surface area contributed by atoms with Gasteiger partial charge in [0.25, 0.3) is 0 Å². The molecule has 0 radical (unpaired) electrons. The van der Waals surface area contributed by atoms with E-state index in [1.54, 1.807) is 27.8 Å². The maximum atomic E-state index is 12.4. The first kappa shape index (κ1) is 18.6. The highest BCUT2D eigenvalue weighted by Crippen LogP contribution is 2.41. The summed E-state index contributed by atoms with van der Waals surface area (Å²) in [5.74, 6) is -0.196. The number of benzene rings is 1. The van der Waals surface area contributed by atoms with Gasteiger partial charge < -0.3 is 15.0 Å². The third-order valence-electron chi connectivity index (χ3n) is 4.07. The molecule has 132 valence electrons. The fourth-order valence-corrected chi connectivity index (χ4v) is 2.84. The number of carbonyl (C=O) groups is 2. The van der Waals surface area contributed by atoms with Crippen molar-refractivity contribution in [3.8, 4) is 0 Å². The molecular weight excluding hydrogens is 328 g/mol. The van der Waals surface area contributed by atoms with E-state index < -0.39 is 11.7 Å². The van der Waals surface area contributed by atoms with Gasteiger partial charge in [0, 0.05) is 12.1 Å². The van der Waals surface area contributed by atoms with E-state index >= 15 is 0 Å². The van der Waals surface area contributed by atoms with Crippen LogP contribution in [0.5, 0.6) is 0 Å². The number of halogens is 1. The Bertz CT molecular complexity index is 604. The van der Waals surface area contributed by atoms with Crippen molar-refractivity contribution >= 4 is 23.6 Å². The molecule has 0 unspecified atom stereocenters. The Labute approximate surface area is 148 Å². The number of nitrogens with zero attached hydrogens (tertiary/aromatic N) is 1. The topological polar surface area (TPSA) is 58.6 Å². The van der Waals surface area contributed by atoms with Crippen LogP contribution < -0.4 is 5.32 Å². The molecule has 1 aromatic rings. The van der Waals surface area contributed by atoms with E-state index in [0.29, 0.717) is 5.02 Å². The minimum absolute atomic E-state index is 0.0374. The molecular formula is C18H25ClN2O3. The lowest BCUT2D eigenvalue weighted by Crippen LogP contribution is -2.53. The maximum Gasteiger partial charge on any atom is 0.410 e. The number of carbonyl (C=O) groups excluding carboxylic acids is 2. The summed E-state index contributed by atoms with van der Waals surface area (Å²) in [5, 5.41) is 3.75. The number of likely N-dealkylation sites (N-methyl/N-ethyl adjacent to an activating group) is 1. The summed E-state index contributed by atoms with van der Waals surface area (Å²) >= 11 is 5.94. The van der Waals surface area contributed by atoms with Gasteiger partial charge in [0.2, 0.25) is 5.91 Å². The van der Waals surface area contributed by atoms with Crippen molar-refractivity contribution in [2.24, 2.45) is 0 Å². The normalized spacial score (nSPS) is 16.0. The van der Waals surface area contributed by atoms with Crippen LogP contribution in [0.25, 0.3) is 0 Å². The summed E-state index contributed by atoms with van der Waals surface area (Å²) in [6.07, 6.45) is 2.32. The highest BCUT2D eigenvalue weighted by Gasteiger charge is 2.40. The van der Waals surface area contributed by atoms with Gasteiger partial charge in [0.15, 0.2) is 0 Å². The summed E-state index contributed by atoms with van der Waals surface area (Å²) in [7, 11) is 1.56. The van der Waals surface area contributed by atoms with Crippen molar-refractivity contribution in [3.05, 3.63) is 34.9 Å². The second-order valence-corrected chi connectivity index (χ2v) is 7.76. The zero-order chi connectivity index (χ0) is 18.0. The van der Waals surface area contributed by atoms with E-state index in [1.807, 2.05) is 24.3 Å². The molecule has 1 N–H and O–H groups in total. The second kappa shape index (κ2) is 7.01. The van der Waals surface area contributed by atoms with Crippen molar-refractivity contribution in [2.75, 3.05) is 13.6 Å². The van der Waals surface area contributed by atoms with Gasteiger partial charge in [0.05, 0.1) is 5.54 Å². The molecule has 1 fully saturated rings. The molecule has 0 bridgehead atoms. The third-order valence-corrected chi connectivity index (χ3v) is 4.32. The molecule has 1 saturated carbocycles. The van der Waals surface area contributed by atoms with Crippen LogP contribution in [0.15, 0.2) is 24.3 Å². The molecule has 1 aliphatic rings. The lowest BCUT2D eigenvalue weighted by Gasteiger charge is -2.43. The van der Waals surface area contributed by atoms with Gasteiger partial charge in [-0.15, -0.1) is 0 Å². The summed E-state index contributed by atoms with van der Waals surface area (Å²) in [6.45, 7) is 5.35. The average molecular weight is 353 g/mol.